The molecule has 0 aliphatic rings. The molecule has 320 valence electrons. The molecule has 1 aromatic rings. The Morgan fingerprint density at radius 2 is 1.03 bits per heavy atom. The highest BCUT2D eigenvalue weighted by molar-refractivity contribution is 5.98. The largest absolute Gasteiger partial charge is 0.481 e. The monoisotopic (exact) mass is 823 g/mol. The van der Waals surface area contributed by atoms with Gasteiger partial charge in [0, 0.05) is 19.8 Å². The third-order valence-electron chi connectivity index (χ3n) is 8.09. The van der Waals surface area contributed by atoms with Gasteiger partial charge in [0.2, 0.25) is 41.4 Å². The minimum absolute atomic E-state index is 0.0180. The standard InChI is InChI=1S/C35H49N7O16/c1-15(2)11-21(29(36)51)40-33(55)22(12-18-5-7-19(8-6-18)28(50)35(57)58)42-31(53)20(9-10-25(44)45)39-34(56)24(14-27(48)49)41-30(52)16(3)37-32(54)23(13-26(46)47)38-17(4)43/h5-8,15-16,20-24,28,50H,9-14H2,1-4H3,(H2,36,51)(H,37,54)(H,38,43)(H,39,56)(H,40,55)(H,41,52)(H,42,53)(H,44,45)(H,46,47)(H,48,49)(H,57,58)/t16-,20-,21-,22-,23-,24-,28?/m0/s1. The molecule has 7 amide bonds. The Bertz CT molecular complexity index is 1700. The Kier molecular flexibility index (Phi) is 19.9. The molecule has 0 fully saturated rings. The minimum atomic E-state index is -1.96. The number of primary amides is 1. The summed E-state index contributed by atoms with van der Waals surface area (Å²) in [5.74, 6) is -13.6. The molecular formula is C35H49N7O16. The lowest BCUT2D eigenvalue weighted by Gasteiger charge is -2.27. The molecule has 1 unspecified atom stereocenters. The third kappa shape index (κ3) is 17.9. The summed E-state index contributed by atoms with van der Waals surface area (Å²) >= 11 is 0. The Balaban J connectivity index is 3.42. The average molecular weight is 824 g/mol. The van der Waals surface area contributed by atoms with Crippen molar-refractivity contribution in [2.75, 3.05) is 0 Å². The van der Waals surface area contributed by atoms with Gasteiger partial charge in [0.25, 0.3) is 0 Å². The number of benzene rings is 1. The van der Waals surface area contributed by atoms with Crippen LogP contribution < -0.4 is 37.6 Å². The molecule has 1 rings (SSSR count). The molecule has 58 heavy (non-hydrogen) atoms. The normalized spacial score (nSPS) is 14.4. The van der Waals surface area contributed by atoms with Gasteiger partial charge < -0.3 is 63.2 Å². The van der Waals surface area contributed by atoms with E-state index in [4.69, 9.17) is 15.9 Å². The number of carboxylic acid groups (broad SMARTS) is 4. The van der Waals surface area contributed by atoms with Gasteiger partial charge in [-0.3, -0.25) is 47.9 Å². The average Bonchev–Trinajstić information content (AvgIpc) is 3.10. The summed E-state index contributed by atoms with van der Waals surface area (Å²) in [4.78, 5) is 135. The number of nitrogens with one attached hydrogen (secondary N) is 6. The first-order valence-electron chi connectivity index (χ1n) is 17.6. The molecular weight excluding hydrogens is 774 g/mol. The van der Waals surface area contributed by atoms with E-state index in [9.17, 15) is 68.1 Å². The van der Waals surface area contributed by atoms with Gasteiger partial charge in [-0.25, -0.2) is 4.79 Å². The lowest BCUT2D eigenvalue weighted by atomic mass is 9.99. The van der Waals surface area contributed by atoms with Crippen LogP contribution in [-0.4, -0.2) is 127 Å². The first-order chi connectivity index (χ1) is 26.9. The number of aliphatic hydroxyl groups excluding tert-OH is 1. The number of rotatable bonds is 25. The maximum absolute atomic E-state index is 13.7. The summed E-state index contributed by atoms with van der Waals surface area (Å²) in [6.45, 7) is 5.59. The zero-order valence-corrected chi connectivity index (χ0v) is 32.0. The number of hydrogen-bond acceptors (Lipinski definition) is 12. The smallest absolute Gasteiger partial charge is 0.337 e. The van der Waals surface area contributed by atoms with Crippen molar-refractivity contribution in [1.82, 2.24) is 31.9 Å². The first-order valence-corrected chi connectivity index (χ1v) is 17.6. The van der Waals surface area contributed by atoms with E-state index in [1.165, 1.54) is 24.3 Å². The maximum Gasteiger partial charge on any atom is 0.337 e. The number of carbonyl (C=O) groups excluding carboxylic acids is 7. The van der Waals surface area contributed by atoms with E-state index < -0.39 is 133 Å². The van der Waals surface area contributed by atoms with Crippen molar-refractivity contribution in [3.8, 4) is 0 Å². The van der Waals surface area contributed by atoms with Crippen LogP contribution in [0.4, 0.5) is 0 Å². The van der Waals surface area contributed by atoms with E-state index in [0.29, 0.717) is 5.56 Å². The van der Waals surface area contributed by atoms with E-state index in [0.717, 1.165) is 13.8 Å². The van der Waals surface area contributed by atoms with E-state index in [-0.39, 0.29) is 24.3 Å². The van der Waals surface area contributed by atoms with Crippen molar-refractivity contribution < 1.29 is 78.3 Å². The number of aliphatic hydroxyl groups is 1. The molecule has 7 atom stereocenters. The Morgan fingerprint density at radius 1 is 0.586 bits per heavy atom. The van der Waals surface area contributed by atoms with Crippen LogP contribution in [0.2, 0.25) is 0 Å². The van der Waals surface area contributed by atoms with Gasteiger partial charge in [0.05, 0.1) is 12.8 Å². The number of carboxylic acids is 4. The van der Waals surface area contributed by atoms with Crippen molar-refractivity contribution in [3.05, 3.63) is 35.4 Å². The van der Waals surface area contributed by atoms with Crippen molar-refractivity contribution in [3.63, 3.8) is 0 Å². The van der Waals surface area contributed by atoms with Gasteiger partial charge in [-0.05, 0) is 36.8 Å². The lowest BCUT2D eigenvalue weighted by molar-refractivity contribution is -0.147. The molecule has 0 spiro atoms. The van der Waals surface area contributed by atoms with Crippen LogP contribution in [0.15, 0.2) is 24.3 Å². The highest BCUT2D eigenvalue weighted by atomic mass is 16.4. The highest BCUT2D eigenvalue weighted by Gasteiger charge is 2.34. The first kappa shape index (κ1) is 49.4. The fraction of sp³-hybridized carbons (Fsp3) is 0.514. The molecule has 1 aromatic carbocycles. The predicted octanol–water partition coefficient (Wildman–Crippen LogP) is -3.36. The van der Waals surface area contributed by atoms with E-state index >= 15 is 0 Å². The van der Waals surface area contributed by atoms with Crippen LogP contribution in [0.1, 0.15) is 77.0 Å². The molecule has 0 aromatic heterocycles. The number of hydrogen-bond donors (Lipinski definition) is 12. The second-order valence-electron chi connectivity index (χ2n) is 13.6. The molecule has 0 heterocycles. The Morgan fingerprint density at radius 3 is 1.50 bits per heavy atom. The highest BCUT2D eigenvalue weighted by Crippen LogP contribution is 2.16. The molecule has 0 aliphatic carbocycles. The number of aliphatic carboxylic acids is 4. The quantitative estimate of drug-likeness (QED) is 0.0458. The van der Waals surface area contributed by atoms with Gasteiger partial charge in [-0.15, -0.1) is 0 Å². The molecule has 23 heteroatoms. The molecule has 0 aliphatic heterocycles. The van der Waals surface area contributed by atoms with Crippen molar-refractivity contribution in [1.29, 1.82) is 0 Å². The molecule has 0 bridgehead atoms. The summed E-state index contributed by atoms with van der Waals surface area (Å²) < 4.78 is 0. The molecule has 0 saturated carbocycles. The topological polar surface area (TPSA) is 387 Å². The van der Waals surface area contributed by atoms with Crippen LogP contribution in [0.5, 0.6) is 0 Å². The molecule has 23 nitrogen and oxygen atoms in total. The zero-order chi connectivity index (χ0) is 44.4. The fourth-order valence-corrected chi connectivity index (χ4v) is 5.18. The molecule has 0 saturated heterocycles. The second kappa shape index (κ2) is 23.4. The van der Waals surface area contributed by atoms with Crippen LogP contribution in [0.3, 0.4) is 0 Å². The van der Waals surface area contributed by atoms with Gasteiger partial charge in [-0.2, -0.15) is 0 Å². The zero-order valence-electron chi connectivity index (χ0n) is 32.0. The Hall–Kier alpha value is -6.65. The van der Waals surface area contributed by atoms with E-state index in [1.54, 1.807) is 13.8 Å². The van der Waals surface area contributed by atoms with Crippen molar-refractivity contribution in [2.24, 2.45) is 11.7 Å². The molecule has 0 radical (unpaired) electrons. The summed E-state index contributed by atoms with van der Waals surface area (Å²) in [7, 11) is 0. The third-order valence-corrected chi connectivity index (χ3v) is 8.09. The lowest BCUT2D eigenvalue weighted by Crippen LogP contribution is -2.60. The van der Waals surface area contributed by atoms with Crippen LogP contribution in [-0.2, 0) is 59.2 Å². The van der Waals surface area contributed by atoms with Gasteiger partial charge in [0.1, 0.15) is 36.3 Å². The maximum atomic E-state index is 13.7. The SMILES string of the molecule is CC(=O)N[C@@H](CC(=O)O)C(=O)N[C@@H](C)C(=O)N[C@@H](CC(=O)O)C(=O)N[C@@H](CCC(=O)O)C(=O)N[C@@H](Cc1ccc(C(O)C(=O)O)cc1)C(=O)N[C@@H](CC(C)C)C(N)=O. The minimum Gasteiger partial charge on any atom is -0.481 e. The number of nitrogens with two attached hydrogens (primary N) is 1. The second-order valence-corrected chi connectivity index (χ2v) is 13.6. The van der Waals surface area contributed by atoms with Crippen molar-refractivity contribution >= 4 is 65.2 Å². The summed E-state index contributed by atoms with van der Waals surface area (Å²) in [5, 5.41) is 60.1. The number of amides is 7. The van der Waals surface area contributed by atoms with Crippen LogP contribution in [0.25, 0.3) is 0 Å². The van der Waals surface area contributed by atoms with Gasteiger partial charge in [-0.1, -0.05) is 38.1 Å². The predicted molar refractivity (Wildman–Crippen MR) is 196 cm³/mol. The van der Waals surface area contributed by atoms with Crippen LogP contribution in [0, 0.1) is 5.92 Å². The summed E-state index contributed by atoms with van der Waals surface area (Å²) in [6.07, 6.45) is -5.45. The van der Waals surface area contributed by atoms with Gasteiger partial charge in [0.15, 0.2) is 6.10 Å². The Labute approximate surface area is 330 Å². The summed E-state index contributed by atoms with van der Waals surface area (Å²) in [5.41, 5.74) is 5.75. The summed E-state index contributed by atoms with van der Waals surface area (Å²) in [6, 6.07) is -4.52. The van der Waals surface area contributed by atoms with Gasteiger partial charge >= 0.3 is 23.9 Å². The fourth-order valence-electron chi connectivity index (χ4n) is 5.18. The van der Waals surface area contributed by atoms with Crippen molar-refractivity contribution in [2.45, 2.75) is 109 Å². The molecule has 13 N–H and O–H groups in total. The van der Waals surface area contributed by atoms with E-state index in [2.05, 4.69) is 31.9 Å². The van der Waals surface area contributed by atoms with Crippen LogP contribution >= 0.6 is 0 Å². The number of carbonyl (C=O) groups is 11. The van der Waals surface area contributed by atoms with E-state index in [1.807, 2.05) is 0 Å².